The predicted molar refractivity (Wildman–Crippen MR) is 81.1 cm³/mol. The zero-order chi connectivity index (χ0) is 13.8. The minimum Gasteiger partial charge on any atom is -0.290 e. The molecule has 0 saturated carbocycles. The van der Waals surface area contributed by atoms with Crippen LogP contribution in [-0.4, -0.2) is 48.0 Å². The molecule has 1 rings (SSSR count). The maximum absolute atomic E-state index is 4.80. The second kappa shape index (κ2) is 5.55. The Labute approximate surface area is 110 Å². The van der Waals surface area contributed by atoms with Crippen LogP contribution in [0.5, 0.6) is 0 Å². The maximum atomic E-state index is 4.80. The van der Waals surface area contributed by atoms with Crippen molar-refractivity contribution in [2.75, 3.05) is 13.1 Å². The van der Waals surface area contributed by atoms with Gasteiger partial charge in [0, 0.05) is 12.4 Å². The van der Waals surface area contributed by atoms with Crippen LogP contribution in [0.1, 0.15) is 41.5 Å². The van der Waals surface area contributed by atoms with Crippen LogP contribution < -0.4 is 0 Å². The van der Waals surface area contributed by atoms with Gasteiger partial charge in [0.25, 0.3) is 0 Å². The minimum absolute atomic E-state index is 0.278. The molecule has 0 radical (unpaired) electrons. The number of hydrogen-bond donors (Lipinski definition) is 0. The van der Waals surface area contributed by atoms with Crippen LogP contribution in [0.2, 0.25) is 0 Å². The Morgan fingerprint density at radius 3 is 2.22 bits per heavy atom. The van der Waals surface area contributed by atoms with E-state index in [0.29, 0.717) is 13.1 Å². The van der Waals surface area contributed by atoms with E-state index in [4.69, 9.17) is 4.99 Å². The van der Waals surface area contributed by atoms with Crippen LogP contribution >= 0.6 is 0 Å². The summed E-state index contributed by atoms with van der Waals surface area (Å²) in [6.07, 6.45) is 3.52. The highest BCUT2D eigenvalue weighted by atomic mass is 15.0. The van der Waals surface area contributed by atoms with E-state index in [0.717, 1.165) is 11.4 Å². The fraction of sp³-hybridized carbons (Fsp3) is 0.714. The smallest absolute Gasteiger partial charge is 0.0800 e. The second-order valence-electron chi connectivity index (χ2n) is 5.62. The van der Waals surface area contributed by atoms with E-state index < -0.39 is 0 Å². The molecule has 0 amide bonds. The molecule has 0 bridgehead atoms. The molecular formula is C14H24N4. The molecule has 0 unspecified atom stereocenters. The summed E-state index contributed by atoms with van der Waals surface area (Å²) in [5.41, 5.74) is 1.41. The Balaban J connectivity index is 3.19. The number of nitrogens with zero attached hydrogens (tertiary/aromatic N) is 4. The van der Waals surface area contributed by atoms with E-state index in [1.807, 2.05) is 13.8 Å². The summed E-state index contributed by atoms with van der Waals surface area (Å²) in [6.45, 7) is 13.8. The summed E-state index contributed by atoms with van der Waals surface area (Å²) >= 11 is 0. The Bertz CT molecular complexity index is 412. The first-order valence-electron chi connectivity index (χ1n) is 6.38. The van der Waals surface area contributed by atoms with Gasteiger partial charge in [0.2, 0.25) is 0 Å². The number of aliphatic imine (C=N–C) groups is 4. The van der Waals surface area contributed by atoms with Crippen LogP contribution in [0, 0.1) is 0 Å². The quantitative estimate of drug-likeness (QED) is 0.633. The van der Waals surface area contributed by atoms with Crippen LogP contribution in [0.3, 0.4) is 0 Å². The van der Waals surface area contributed by atoms with Crippen molar-refractivity contribution in [1.29, 1.82) is 0 Å². The van der Waals surface area contributed by atoms with Crippen molar-refractivity contribution in [3.05, 3.63) is 0 Å². The number of hydrogen-bond acceptors (Lipinski definition) is 4. The first-order chi connectivity index (χ1) is 8.26. The predicted octanol–water partition coefficient (Wildman–Crippen LogP) is 2.62. The summed E-state index contributed by atoms with van der Waals surface area (Å²) in [7, 11) is 0. The lowest BCUT2D eigenvalue weighted by atomic mass is 9.83. The molecule has 0 saturated heterocycles. The number of rotatable bonds is 0. The Morgan fingerprint density at radius 2 is 1.56 bits per heavy atom. The molecule has 100 valence electrons. The van der Waals surface area contributed by atoms with E-state index in [1.165, 1.54) is 0 Å². The molecular weight excluding hydrogens is 224 g/mol. The van der Waals surface area contributed by atoms with Gasteiger partial charge in [-0.25, -0.2) is 0 Å². The van der Waals surface area contributed by atoms with Gasteiger partial charge in [-0.15, -0.1) is 0 Å². The van der Waals surface area contributed by atoms with Gasteiger partial charge in [-0.2, -0.15) is 0 Å². The summed E-state index contributed by atoms with van der Waals surface area (Å²) in [4.78, 5) is 18.1. The van der Waals surface area contributed by atoms with Gasteiger partial charge in [0.15, 0.2) is 0 Å². The van der Waals surface area contributed by atoms with Gasteiger partial charge in [-0.1, -0.05) is 0 Å². The van der Waals surface area contributed by atoms with Gasteiger partial charge < -0.3 is 0 Å². The molecule has 4 nitrogen and oxygen atoms in total. The lowest BCUT2D eigenvalue weighted by Crippen LogP contribution is -2.43. The van der Waals surface area contributed by atoms with Gasteiger partial charge in [0.1, 0.15) is 0 Å². The van der Waals surface area contributed by atoms with E-state index in [-0.39, 0.29) is 11.1 Å². The van der Waals surface area contributed by atoms with Crippen LogP contribution in [0.15, 0.2) is 20.0 Å². The van der Waals surface area contributed by atoms with Crippen molar-refractivity contribution in [2.24, 2.45) is 20.0 Å². The first-order valence-corrected chi connectivity index (χ1v) is 6.38. The third-order valence-corrected chi connectivity index (χ3v) is 3.62. The molecule has 0 aromatic heterocycles. The van der Waals surface area contributed by atoms with Crippen molar-refractivity contribution in [3.63, 3.8) is 0 Å². The molecule has 0 aliphatic carbocycles. The average Bonchev–Trinajstić information content (AvgIpc) is 2.25. The average molecular weight is 248 g/mol. The monoisotopic (exact) mass is 248 g/mol. The summed E-state index contributed by atoms with van der Waals surface area (Å²) < 4.78 is 0. The zero-order valence-corrected chi connectivity index (χ0v) is 12.4. The van der Waals surface area contributed by atoms with E-state index in [1.54, 1.807) is 12.4 Å². The van der Waals surface area contributed by atoms with Gasteiger partial charge >= 0.3 is 0 Å². The summed E-state index contributed by atoms with van der Waals surface area (Å²) in [5, 5.41) is 0. The Morgan fingerprint density at radius 1 is 0.889 bits per heavy atom. The molecule has 0 spiro atoms. The largest absolute Gasteiger partial charge is 0.290 e. The normalized spacial score (nSPS) is 23.7. The fourth-order valence-corrected chi connectivity index (χ4v) is 1.53. The molecule has 4 heteroatoms. The Hall–Kier alpha value is -1.32. The SMILES string of the molecule is CC1=NCCN=CC=NC(C)(C)C(C)(C)N=C1C. The highest BCUT2D eigenvalue weighted by Gasteiger charge is 2.36. The van der Waals surface area contributed by atoms with Gasteiger partial charge in [-0.3, -0.25) is 20.0 Å². The van der Waals surface area contributed by atoms with E-state index in [9.17, 15) is 0 Å². The van der Waals surface area contributed by atoms with Gasteiger partial charge in [0.05, 0.1) is 35.6 Å². The van der Waals surface area contributed by atoms with Crippen molar-refractivity contribution in [1.82, 2.24) is 0 Å². The third-order valence-electron chi connectivity index (χ3n) is 3.62. The molecule has 0 N–H and O–H groups in total. The first kappa shape index (κ1) is 14.7. The van der Waals surface area contributed by atoms with E-state index >= 15 is 0 Å². The lowest BCUT2D eigenvalue weighted by Gasteiger charge is -2.35. The molecule has 0 aromatic carbocycles. The highest BCUT2D eigenvalue weighted by molar-refractivity contribution is 6.40. The molecule has 1 aliphatic rings. The molecule has 0 aromatic rings. The second-order valence-corrected chi connectivity index (χ2v) is 5.62. The lowest BCUT2D eigenvalue weighted by molar-refractivity contribution is 0.317. The van der Waals surface area contributed by atoms with Crippen molar-refractivity contribution in [3.8, 4) is 0 Å². The Kier molecular flexibility index (Phi) is 4.54. The van der Waals surface area contributed by atoms with Crippen LogP contribution in [0.4, 0.5) is 0 Å². The summed E-state index contributed by atoms with van der Waals surface area (Å²) in [6, 6.07) is 0. The van der Waals surface area contributed by atoms with Crippen molar-refractivity contribution in [2.45, 2.75) is 52.6 Å². The fourth-order valence-electron chi connectivity index (χ4n) is 1.53. The molecule has 0 atom stereocenters. The third kappa shape index (κ3) is 3.59. The minimum atomic E-state index is -0.280. The highest BCUT2D eigenvalue weighted by Crippen LogP contribution is 2.29. The summed E-state index contributed by atoms with van der Waals surface area (Å²) in [5.74, 6) is 0. The molecule has 1 heterocycles. The molecule has 0 fully saturated rings. The zero-order valence-electron chi connectivity index (χ0n) is 12.4. The molecule has 18 heavy (non-hydrogen) atoms. The standard InChI is InChI=1S/C14H24N4/c1-11-12(2)18-14(5,6)13(3,4)17-10-8-15-7-9-16-11/h8,10H,7,9H2,1-6H3. The van der Waals surface area contributed by atoms with Gasteiger partial charge in [-0.05, 0) is 41.5 Å². The van der Waals surface area contributed by atoms with Crippen LogP contribution in [-0.2, 0) is 0 Å². The van der Waals surface area contributed by atoms with Crippen molar-refractivity contribution >= 4 is 23.9 Å². The maximum Gasteiger partial charge on any atom is 0.0800 e. The molecule has 1 aliphatic heterocycles. The van der Waals surface area contributed by atoms with Crippen molar-refractivity contribution < 1.29 is 0 Å². The van der Waals surface area contributed by atoms with Crippen LogP contribution in [0.25, 0.3) is 0 Å². The van der Waals surface area contributed by atoms with E-state index in [2.05, 4.69) is 42.7 Å². The topological polar surface area (TPSA) is 49.4 Å².